The molecule has 5 heteroatoms. The fourth-order valence-corrected chi connectivity index (χ4v) is 4.28. The van der Waals surface area contributed by atoms with Gasteiger partial charge in [0.25, 0.3) is 0 Å². The first-order valence-electron chi connectivity index (χ1n) is 11.1. The van der Waals surface area contributed by atoms with Crippen molar-refractivity contribution in [1.82, 2.24) is 0 Å². The summed E-state index contributed by atoms with van der Waals surface area (Å²) in [6.45, 7) is 4.36. The zero-order valence-electron chi connectivity index (χ0n) is 17.4. The molecule has 158 valence electrons. The van der Waals surface area contributed by atoms with Crippen LogP contribution in [0.25, 0.3) is 0 Å². The van der Waals surface area contributed by atoms with Crippen LogP contribution < -0.4 is 0 Å². The molecule has 1 heterocycles. The maximum absolute atomic E-state index is 12.1. The molecule has 0 aromatic heterocycles. The standard InChI is InChI=1S/C22H40O5/c1-3-5-7-9-11-13-15-18-17-19(20(23)24)27-22(18,21(25)26)16-14-12-10-8-6-4-2/h18-19H,3-17H2,1-2H3,(H,23,24)(H,25,26). The van der Waals surface area contributed by atoms with E-state index in [-0.39, 0.29) is 5.92 Å². The first-order chi connectivity index (χ1) is 13.0. The Morgan fingerprint density at radius 1 is 0.852 bits per heavy atom. The van der Waals surface area contributed by atoms with Crippen LogP contribution in [0.5, 0.6) is 0 Å². The van der Waals surface area contributed by atoms with Crippen LogP contribution in [-0.2, 0) is 14.3 Å². The van der Waals surface area contributed by atoms with E-state index in [0.717, 1.165) is 38.5 Å². The largest absolute Gasteiger partial charge is 0.479 e. The molecule has 0 spiro atoms. The van der Waals surface area contributed by atoms with E-state index in [1.807, 2.05) is 0 Å². The highest BCUT2D eigenvalue weighted by atomic mass is 16.6. The van der Waals surface area contributed by atoms with Gasteiger partial charge in [0.1, 0.15) is 0 Å². The Morgan fingerprint density at radius 3 is 1.89 bits per heavy atom. The van der Waals surface area contributed by atoms with Gasteiger partial charge >= 0.3 is 11.9 Å². The molecule has 0 aromatic carbocycles. The number of carbonyl (C=O) groups is 2. The van der Waals surface area contributed by atoms with Crippen molar-refractivity contribution in [3.8, 4) is 0 Å². The Bertz CT molecular complexity index is 436. The zero-order valence-corrected chi connectivity index (χ0v) is 17.4. The second kappa shape index (κ2) is 13.1. The monoisotopic (exact) mass is 384 g/mol. The number of hydrogen-bond acceptors (Lipinski definition) is 3. The molecule has 1 aliphatic heterocycles. The highest BCUT2D eigenvalue weighted by molar-refractivity contribution is 5.81. The molecule has 0 aromatic rings. The minimum absolute atomic E-state index is 0.196. The molecule has 0 bridgehead atoms. The Balaban J connectivity index is 2.61. The van der Waals surface area contributed by atoms with E-state index in [2.05, 4.69) is 13.8 Å². The lowest BCUT2D eigenvalue weighted by atomic mass is 9.79. The van der Waals surface area contributed by atoms with Crippen molar-refractivity contribution in [3.05, 3.63) is 0 Å². The predicted octanol–water partition coefficient (Wildman–Crippen LogP) is 5.80. The summed E-state index contributed by atoms with van der Waals surface area (Å²) in [6, 6.07) is 0. The minimum atomic E-state index is -1.31. The molecule has 0 radical (unpaired) electrons. The van der Waals surface area contributed by atoms with Gasteiger partial charge in [0.2, 0.25) is 0 Å². The first kappa shape index (κ1) is 23.9. The van der Waals surface area contributed by atoms with Crippen molar-refractivity contribution in [2.75, 3.05) is 0 Å². The van der Waals surface area contributed by atoms with Gasteiger partial charge in [-0.2, -0.15) is 0 Å². The van der Waals surface area contributed by atoms with Crippen molar-refractivity contribution >= 4 is 11.9 Å². The van der Waals surface area contributed by atoms with Crippen molar-refractivity contribution in [2.24, 2.45) is 5.92 Å². The number of carboxylic acid groups (broad SMARTS) is 2. The predicted molar refractivity (Wildman–Crippen MR) is 107 cm³/mol. The summed E-state index contributed by atoms with van der Waals surface area (Å²) < 4.78 is 5.71. The summed E-state index contributed by atoms with van der Waals surface area (Å²) in [4.78, 5) is 23.6. The molecule has 3 atom stereocenters. The normalized spacial score (nSPS) is 25.0. The van der Waals surface area contributed by atoms with Gasteiger partial charge in [0.15, 0.2) is 11.7 Å². The molecule has 1 fully saturated rings. The number of unbranched alkanes of at least 4 members (excludes halogenated alkanes) is 10. The van der Waals surface area contributed by atoms with Gasteiger partial charge in [-0.3, -0.25) is 0 Å². The van der Waals surface area contributed by atoms with Crippen LogP contribution in [0.3, 0.4) is 0 Å². The Morgan fingerprint density at radius 2 is 1.37 bits per heavy atom. The van der Waals surface area contributed by atoms with E-state index >= 15 is 0 Å². The van der Waals surface area contributed by atoms with E-state index in [1.165, 1.54) is 44.9 Å². The molecule has 0 aliphatic carbocycles. The molecular weight excluding hydrogens is 344 g/mol. The SMILES string of the molecule is CCCCCCCCC1CC(C(=O)O)OC1(CCCCCCCC)C(=O)O. The summed E-state index contributed by atoms with van der Waals surface area (Å²) in [5.41, 5.74) is -1.31. The molecule has 0 saturated carbocycles. The van der Waals surface area contributed by atoms with E-state index in [4.69, 9.17) is 4.74 Å². The summed E-state index contributed by atoms with van der Waals surface area (Å²) in [5.74, 6) is -2.21. The van der Waals surface area contributed by atoms with Crippen LogP contribution >= 0.6 is 0 Å². The summed E-state index contributed by atoms with van der Waals surface area (Å²) in [7, 11) is 0. The molecule has 5 nitrogen and oxygen atoms in total. The third kappa shape index (κ3) is 7.81. The van der Waals surface area contributed by atoms with E-state index in [9.17, 15) is 19.8 Å². The summed E-state index contributed by atoms with van der Waals surface area (Å²) in [6.07, 6.45) is 13.8. The lowest BCUT2D eigenvalue weighted by Gasteiger charge is -2.30. The second-order valence-corrected chi connectivity index (χ2v) is 8.15. The molecule has 1 rings (SSSR count). The summed E-state index contributed by atoms with van der Waals surface area (Å²) in [5, 5.41) is 19.3. The van der Waals surface area contributed by atoms with Crippen molar-refractivity contribution in [2.45, 2.75) is 122 Å². The van der Waals surface area contributed by atoms with Crippen molar-refractivity contribution in [3.63, 3.8) is 0 Å². The number of rotatable bonds is 16. The van der Waals surface area contributed by atoms with Crippen molar-refractivity contribution in [1.29, 1.82) is 0 Å². The van der Waals surface area contributed by atoms with Crippen LogP contribution in [-0.4, -0.2) is 33.9 Å². The molecular formula is C22H40O5. The van der Waals surface area contributed by atoms with Crippen LogP contribution in [0.15, 0.2) is 0 Å². The number of carboxylic acids is 2. The lowest BCUT2D eigenvalue weighted by molar-refractivity contribution is -0.176. The first-order valence-corrected chi connectivity index (χ1v) is 11.1. The number of ether oxygens (including phenoxy) is 1. The maximum atomic E-state index is 12.1. The Labute approximate surface area is 164 Å². The van der Waals surface area contributed by atoms with Crippen LogP contribution in [0.1, 0.15) is 110 Å². The molecule has 1 saturated heterocycles. The molecule has 3 unspecified atom stereocenters. The third-order valence-corrected chi connectivity index (χ3v) is 5.96. The van der Waals surface area contributed by atoms with Gasteiger partial charge in [-0.25, -0.2) is 9.59 Å². The zero-order chi connectivity index (χ0) is 20.1. The lowest BCUT2D eigenvalue weighted by Crippen LogP contribution is -2.45. The van der Waals surface area contributed by atoms with Gasteiger partial charge in [-0.1, -0.05) is 84.5 Å². The average Bonchev–Trinajstić information content (AvgIpc) is 3.01. The van der Waals surface area contributed by atoms with E-state index in [0.29, 0.717) is 12.8 Å². The fourth-order valence-electron chi connectivity index (χ4n) is 4.28. The summed E-state index contributed by atoms with van der Waals surface area (Å²) >= 11 is 0. The number of aliphatic carboxylic acids is 2. The fraction of sp³-hybridized carbons (Fsp3) is 0.909. The quantitative estimate of drug-likeness (QED) is 0.328. The van der Waals surface area contributed by atoms with E-state index < -0.39 is 23.6 Å². The van der Waals surface area contributed by atoms with Gasteiger partial charge < -0.3 is 14.9 Å². The molecule has 27 heavy (non-hydrogen) atoms. The van der Waals surface area contributed by atoms with Gasteiger partial charge in [0.05, 0.1) is 0 Å². The Hall–Kier alpha value is -1.10. The average molecular weight is 385 g/mol. The van der Waals surface area contributed by atoms with Crippen molar-refractivity contribution < 1.29 is 24.5 Å². The topological polar surface area (TPSA) is 83.8 Å². The molecule has 2 N–H and O–H groups in total. The van der Waals surface area contributed by atoms with Crippen LogP contribution in [0.2, 0.25) is 0 Å². The number of hydrogen-bond donors (Lipinski definition) is 2. The van der Waals surface area contributed by atoms with Gasteiger partial charge in [0, 0.05) is 5.92 Å². The van der Waals surface area contributed by atoms with Gasteiger partial charge in [-0.05, 0) is 25.7 Å². The highest BCUT2D eigenvalue weighted by Crippen LogP contribution is 2.43. The maximum Gasteiger partial charge on any atom is 0.336 e. The van der Waals surface area contributed by atoms with Crippen LogP contribution in [0, 0.1) is 5.92 Å². The van der Waals surface area contributed by atoms with Gasteiger partial charge in [-0.15, -0.1) is 0 Å². The molecule has 1 aliphatic rings. The molecule has 0 amide bonds. The smallest absolute Gasteiger partial charge is 0.336 e. The third-order valence-electron chi connectivity index (χ3n) is 5.96. The Kier molecular flexibility index (Phi) is 11.7. The van der Waals surface area contributed by atoms with E-state index in [1.54, 1.807) is 0 Å². The second-order valence-electron chi connectivity index (χ2n) is 8.15. The van der Waals surface area contributed by atoms with Crippen LogP contribution in [0.4, 0.5) is 0 Å². The minimum Gasteiger partial charge on any atom is -0.479 e. The highest BCUT2D eigenvalue weighted by Gasteiger charge is 2.55.